The molecule has 0 aromatic heterocycles. The maximum absolute atomic E-state index is 5.87. The maximum atomic E-state index is 5.87. The van der Waals surface area contributed by atoms with Crippen molar-refractivity contribution in [3.05, 3.63) is 71.3 Å². The minimum absolute atomic E-state index is 0.164. The zero-order valence-electron chi connectivity index (χ0n) is 29.4. The van der Waals surface area contributed by atoms with E-state index in [1.165, 1.54) is 22.4 Å². The van der Waals surface area contributed by atoms with Gasteiger partial charge >= 0.3 is 0 Å². The molecule has 0 saturated carbocycles. The van der Waals surface area contributed by atoms with Crippen LogP contribution in [0.15, 0.2) is 54.6 Å². The molecule has 48 heavy (non-hydrogen) atoms. The van der Waals surface area contributed by atoms with Gasteiger partial charge in [-0.1, -0.05) is 6.07 Å². The van der Waals surface area contributed by atoms with E-state index in [-0.39, 0.29) is 5.92 Å². The molecule has 2 saturated heterocycles. The maximum Gasteiger partial charge on any atom is 0.161 e. The molecule has 2 heterocycles. The van der Waals surface area contributed by atoms with Crippen molar-refractivity contribution in [1.29, 1.82) is 0 Å². The molecular formula is C38H52N4O6. The Kier molecular flexibility index (Phi) is 11.2. The monoisotopic (exact) mass is 660 g/mol. The van der Waals surface area contributed by atoms with Crippen molar-refractivity contribution in [3.8, 4) is 28.7 Å². The Bertz CT molecular complexity index is 1490. The molecule has 3 atom stereocenters. The smallest absolute Gasteiger partial charge is 0.161 e. The van der Waals surface area contributed by atoms with Gasteiger partial charge in [-0.2, -0.15) is 5.06 Å². The summed E-state index contributed by atoms with van der Waals surface area (Å²) in [7, 11) is 10.3. The Morgan fingerprint density at radius 2 is 1.19 bits per heavy atom. The van der Waals surface area contributed by atoms with Gasteiger partial charge in [0.05, 0.1) is 42.7 Å². The lowest BCUT2D eigenvalue weighted by atomic mass is 9.80. The summed E-state index contributed by atoms with van der Waals surface area (Å²) in [5.41, 5.74) is 5.17. The van der Waals surface area contributed by atoms with Gasteiger partial charge in [0, 0.05) is 70.5 Å². The van der Waals surface area contributed by atoms with Crippen LogP contribution < -0.4 is 28.6 Å². The van der Waals surface area contributed by atoms with Crippen LogP contribution in [0.2, 0.25) is 0 Å². The van der Waals surface area contributed by atoms with Crippen molar-refractivity contribution in [2.24, 2.45) is 5.92 Å². The molecule has 0 spiro atoms. The molecule has 0 N–H and O–H groups in total. The van der Waals surface area contributed by atoms with Crippen LogP contribution in [-0.2, 0) is 4.84 Å². The number of hydrogen-bond donors (Lipinski definition) is 0. The fraction of sp³-hybridized carbons (Fsp3) is 0.526. The summed E-state index contributed by atoms with van der Waals surface area (Å²) in [5.74, 6) is 4.80. The molecule has 10 nitrogen and oxygen atoms in total. The minimum Gasteiger partial charge on any atom is -0.497 e. The molecule has 0 amide bonds. The predicted octanol–water partition coefficient (Wildman–Crippen LogP) is 4.97. The molecule has 2 aliphatic heterocycles. The SMILES string of the molecule is COc1ccc(N2CCN(CCC3c4cc(OC)c(OC)cc4C(c4ccc(OC)c(OC)c4)C3CN3CCN(OC)CC3)CC2)cc1. The lowest BCUT2D eigenvalue weighted by Crippen LogP contribution is -2.48. The second-order valence-electron chi connectivity index (χ2n) is 12.9. The molecule has 0 radical (unpaired) electrons. The average molecular weight is 661 g/mol. The predicted molar refractivity (Wildman–Crippen MR) is 188 cm³/mol. The molecule has 3 aromatic rings. The fourth-order valence-corrected chi connectivity index (χ4v) is 8.01. The summed E-state index contributed by atoms with van der Waals surface area (Å²) in [4.78, 5) is 13.3. The van der Waals surface area contributed by atoms with E-state index in [1.807, 2.05) is 18.2 Å². The van der Waals surface area contributed by atoms with Gasteiger partial charge in [-0.05, 0) is 90.0 Å². The topological polar surface area (TPSA) is 68.3 Å². The third-order valence-electron chi connectivity index (χ3n) is 10.7. The third kappa shape index (κ3) is 7.17. The molecule has 10 heteroatoms. The summed E-state index contributed by atoms with van der Waals surface area (Å²) >= 11 is 0. The normalized spacial score (nSPS) is 22.0. The van der Waals surface area contributed by atoms with Crippen molar-refractivity contribution in [2.75, 3.05) is 113 Å². The van der Waals surface area contributed by atoms with Gasteiger partial charge in [0.1, 0.15) is 5.75 Å². The highest BCUT2D eigenvalue weighted by Crippen LogP contribution is 2.55. The van der Waals surface area contributed by atoms with Gasteiger partial charge < -0.3 is 38.3 Å². The summed E-state index contributed by atoms with van der Waals surface area (Å²) in [6.07, 6.45) is 1.07. The number of hydrogen-bond acceptors (Lipinski definition) is 10. The van der Waals surface area contributed by atoms with E-state index in [4.69, 9.17) is 28.5 Å². The Morgan fingerprint density at radius 3 is 1.79 bits per heavy atom. The number of hydroxylamine groups is 2. The Labute approximate surface area is 286 Å². The first-order chi connectivity index (χ1) is 23.5. The number of piperazine rings is 2. The Hall–Kier alpha value is -3.70. The quantitative estimate of drug-likeness (QED) is 0.251. The second kappa shape index (κ2) is 15.7. The van der Waals surface area contributed by atoms with Crippen LogP contribution in [0.1, 0.15) is 34.9 Å². The van der Waals surface area contributed by atoms with Crippen molar-refractivity contribution in [3.63, 3.8) is 0 Å². The highest BCUT2D eigenvalue weighted by atomic mass is 16.7. The van der Waals surface area contributed by atoms with Crippen LogP contribution in [0.3, 0.4) is 0 Å². The molecule has 6 rings (SSSR count). The largest absolute Gasteiger partial charge is 0.497 e. The zero-order chi connectivity index (χ0) is 33.6. The Balaban J connectivity index is 1.29. The number of benzene rings is 3. The summed E-state index contributed by atoms with van der Waals surface area (Å²) in [6.45, 7) is 9.91. The van der Waals surface area contributed by atoms with E-state index in [2.05, 4.69) is 56.2 Å². The van der Waals surface area contributed by atoms with Crippen LogP contribution in [0.25, 0.3) is 0 Å². The summed E-state index contributed by atoms with van der Waals surface area (Å²) in [5, 5.41) is 2.06. The molecule has 3 unspecified atom stereocenters. The van der Waals surface area contributed by atoms with Crippen LogP contribution in [0, 0.1) is 5.92 Å². The van der Waals surface area contributed by atoms with E-state index in [0.29, 0.717) is 11.8 Å². The molecule has 1 aliphatic carbocycles. The Morgan fingerprint density at radius 1 is 0.583 bits per heavy atom. The lowest BCUT2D eigenvalue weighted by molar-refractivity contribution is -0.152. The van der Waals surface area contributed by atoms with E-state index in [9.17, 15) is 0 Å². The van der Waals surface area contributed by atoms with Crippen molar-refractivity contribution in [1.82, 2.24) is 14.9 Å². The molecule has 0 bridgehead atoms. The summed E-state index contributed by atoms with van der Waals surface area (Å²) < 4.78 is 28.5. The molecular weight excluding hydrogens is 608 g/mol. The van der Waals surface area contributed by atoms with Gasteiger partial charge in [-0.3, -0.25) is 4.90 Å². The van der Waals surface area contributed by atoms with Crippen LogP contribution in [-0.4, -0.2) is 123 Å². The van der Waals surface area contributed by atoms with Gasteiger partial charge in [-0.15, -0.1) is 0 Å². The van der Waals surface area contributed by atoms with Crippen LogP contribution in [0.5, 0.6) is 28.7 Å². The molecule has 2 fully saturated rings. The number of rotatable bonds is 13. The highest BCUT2D eigenvalue weighted by Gasteiger charge is 2.43. The number of methoxy groups -OCH3 is 5. The molecule has 3 aliphatic rings. The fourth-order valence-electron chi connectivity index (χ4n) is 8.01. The van der Waals surface area contributed by atoms with E-state index >= 15 is 0 Å². The highest BCUT2D eigenvalue weighted by molar-refractivity contribution is 5.57. The van der Waals surface area contributed by atoms with Gasteiger partial charge in [-0.25, -0.2) is 0 Å². The van der Waals surface area contributed by atoms with Crippen LogP contribution >= 0.6 is 0 Å². The lowest BCUT2D eigenvalue weighted by Gasteiger charge is -2.39. The third-order valence-corrected chi connectivity index (χ3v) is 10.7. The first kappa shape index (κ1) is 34.2. The van der Waals surface area contributed by atoms with Gasteiger partial charge in [0.15, 0.2) is 23.0 Å². The first-order valence-electron chi connectivity index (χ1n) is 17.1. The van der Waals surface area contributed by atoms with Crippen LogP contribution in [0.4, 0.5) is 5.69 Å². The molecule has 3 aromatic carbocycles. The number of nitrogens with zero attached hydrogens (tertiary/aromatic N) is 4. The number of anilines is 1. The van der Waals surface area contributed by atoms with Crippen molar-refractivity contribution in [2.45, 2.75) is 18.3 Å². The summed E-state index contributed by atoms with van der Waals surface area (Å²) in [6, 6.07) is 19.3. The zero-order valence-corrected chi connectivity index (χ0v) is 29.4. The average Bonchev–Trinajstić information content (AvgIpc) is 3.44. The second-order valence-corrected chi connectivity index (χ2v) is 12.9. The van der Waals surface area contributed by atoms with E-state index < -0.39 is 0 Å². The standard InChI is InChI=1S/C38H52N4O6/c1-43-29-10-8-28(9-11-29)41-19-15-39(16-20-41)14-13-30-31-24-36(46-4)37(47-5)25-32(31)38(27-7-12-34(44-2)35(23-27)45-3)33(30)26-40-17-21-42(48-6)22-18-40/h7-12,23-25,30,33,38H,13-22,26H2,1-6H3. The van der Waals surface area contributed by atoms with E-state index in [1.54, 1.807) is 42.7 Å². The van der Waals surface area contributed by atoms with Gasteiger partial charge in [0.25, 0.3) is 0 Å². The van der Waals surface area contributed by atoms with Crippen molar-refractivity contribution >= 4 is 5.69 Å². The first-order valence-corrected chi connectivity index (χ1v) is 17.1. The number of ether oxygens (including phenoxy) is 5. The number of fused-ring (bicyclic) bond motifs is 1. The van der Waals surface area contributed by atoms with Gasteiger partial charge in [0.2, 0.25) is 0 Å². The van der Waals surface area contributed by atoms with Crippen molar-refractivity contribution < 1.29 is 28.5 Å². The minimum atomic E-state index is 0.164. The van der Waals surface area contributed by atoms with E-state index in [0.717, 1.165) is 101 Å². The molecule has 260 valence electrons.